The molecule has 0 bridgehead atoms. The first kappa shape index (κ1) is 40.7. The summed E-state index contributed by atoms with van der Waals surface area (Å²) in [7, 11) is -1.17. The molecule has 5 heterocycles. The van der Waals surface area contributed by atoms with Gasteiger partial charge < -0.3 is 24.3 Å². The largest absolute Gasteiger partial charge is 0.461 e. The molecule has 0 spiro atoms. The van der Waals surface area contributed by atoms with Crippen LogP contribution in [0.1, 0.15) is 68.8 Å². The third-order valence-electron chi connectivity index (χ3n) is 7.39. The molecule has 1 amide bonds. The molecule has 53 heavy (non-hydrogen) atoms. The van der Waals surface area contributed by atoms with Crippen LogP contribution in [-0.4, -0.2) is 70.7 Å². The highest BCUT2D eigenvalue weighted by Gasteiger charge is 2.26. The van der Waals surface area contributed by atoms with Crippen LogP contribution in [-0.2, 0) is 25.6 Å². The van der Waals surface area contributed by atoms with Crippen LogP contribution in [0.15, 0.2) is 33.7 Å². The smallest absolute Gasteiger partial charge is 0.408 e. The summed E-state index contributed by atoms with van der Waals surface area (Å²) in [5, 5.41) is 13.3. The molecule has 1 N–H and O–H groups in total. The van der Waals surface area contributed by atoms with Gasteiger partial charge in [-0.1, -0.05) is 33.5 Å². The molecule has 0 saturated heterocycles. The average Bonchev–Trinajstić information content (AvgIpc) is 3.91. The number of carbonyl (C=O) groups is 2. The fraction of sp³-hybridized carbons (Fsp3) is 0.472. The van der Waals surface area contributed by atoms with Gasteiger partial charge in [-0.05, 0) is 51.8 Å². The number of nitrogens with one attached hydrogen (secondary N) is 1. The van der Waals surface area contributed by atoms with Crippen LogP contribution in [0.5, 0.6) is 0 Å². The number of pyridine rings is 1. The topological polar surface area (TPSA) is 148 Å². The lowest BCUT2D eigenvalue weighted by Crippen LogP contribution is -2.36. The SMILES string of the molecule is CCOC(=O)c1csc(-c2ccc(-c3nc(COCOCC[Si](C)(C)C)cs3)c(-c3csc(-c4csc([C@@H](NC(=O)OC(C)(C)C)C(C)C)n4)n3)n2)n1. The Morgan fingerprint density at radius 1 is 0.830 bits per heavy atom. The van der Waals surface area contributed by atoms with E-state index in [4.69, 9.17) is 38.9 Å². The molecule has 5 aromatic heterocycles. The van der Waals surface area contributed by atoms with Crippen molar-refractivity contribution in [3.05, 3.63) is 50.0 Å². The van der Waals surface area contributed by atoms with Crippen molar-refractivity contribution >= 4 is 65.5 Å². The summed E-state index contributed by atoms with van der Waals surface area (Å²) in [6.45, 7) is 19.8. The monoisotopic (exact) mass is 814 g/mol. The molecule has 0 aliphatic carbocycles. The zero-order valence-corrected chi connectivity index (χ0v) is 35.7. The fourth-order valence-electron chi connectivity index (χ4n) is 4.75. The minimum absolute atomic E-state index is 0.0779. The third kappa shape index (κ3) is 11.5. The van der Waals surface area contributed by atoms with Gasteiger partial charge >= 0.3 is 12.1 Å². The second-order valence-corrected chi connectivity index (χ2v) is 23.7. The van der Waals surface area contributed by atoms with Crippen LogP contribution in [0.3, 0.4) is 0 Å². The van der Waals surface area contributed by atoms with Crippen LogP contribution < -0.4 is 5.32 Å². The van der Waals surface area contributed by atoms with Gasteiger partial charge in [0.05, 0.1) is 30.6 Å². The van der Waals surface area contributed by atoms with E-state index in [9.17, 15) is 9.59 Å². The first-order valence-corrected chi connectivity index (χ1v) is 24.5. The Morgan fingerprint density at radius 3 is 2.26 bits per heavy atom. The maximum Gasteiger partial charge on any atom is 0.408 e. The number of rotatable bonds is 16. The quantitative estimate of drug-likeness (QED) is 0.0439. The van der Waals surface area contributed by atoms with E-state index in [0.29, 0.717) is 46.0 Å². The number of amides is 1. The predicted octanol–water partition coefficient (Wildman–Crippen LogP) is 9.80. The highest BCUT2D eigenvalue weighted by molar-refractivity contribution is 7.14. The molecular weight excluding hydrogens is 769 g/mol. The normalized spacial score (nSPS) is 12.6. The van der Waals surface area contributed by atoms with Crippen molar-refractivity contribution in [2.24, 2.45) is 5.92 Å². The molecular formula is C36H46N6O6S4Si. The van der Waals surface area contributed by atoms with Gasteiger partial charge in [-0.15, -0.1) is 45.3 Å². The first-order valence-electron chi connectivity index (χ1n) is 17.3. The molecule has 0 unspecified atom stereocenters. The van der Waals surface area contributed by atoms with E-state index in [1.807, 2.05) is 62.9 Å². The maximum atomic E-state index is 12.6. The fourth-order valence-corrected chi connectivity index (χ4v) is 8.96. The number of aromatic nitrogens is 5. The maximum absolute atomic E-state index is 12.6. The summed E-state index contributed by atoms with van der Waals surface area (Å²) in [6, 6.07) is 4.59. The average molecular weight is 815 g/mol. The van der Waals surface area contributed by atoms with Gasteiger partial charge in [0.2, 0.25) is 0 Å². The first-order chi connectivity index (χ1) is 25.1. The molecule has 0 aliphatic heterocycles. The van der Waals surface area contributed by atoms with Gasteiger partial charge in [-0.3, -0.25) is 0 Å². The molecule has 0 aromatic carbocycles. The number of thiazole rings is 4. The lowest BCUT2D eigenvalue weighted by molar-refractivity contribution is -0.0581. The summed E-state index contributed by atoms with van der Waals surface area (Å²) >= 11 is 5.74. The molecule has 12 nitrogen and oxygen atoms in total. The van der Waals surface area contributed by atoms with Crippen molar-refractivity contribution in [2.75, 3.05) is 20.0 Å². The molecule has 1 atom stereocenters. The van der Waals surface area contributed by atoms with Crippen LogP contribution in [0, 0.1) is 5.92 Å². The Morgan fingerprint density at radius 2 is 1.55 bits per heavy atom. The summed E-state index contributed by atoms with van der Waals surface area (Å²) in [4.78, 5) is 49.3. The zero-order valence-electron chi connectivity index (χ0n) is 31.5. The third-order valence-corrected chi connectivity index (χ3v) is 12.7. The number of carbonyl (C=O) groups excluding carboxylic acids is 2. The van der Waals surface area contributed by atoms with E-state index in [0.717, 1.165) is 27.3 Å². The van der Waals surface area contributed by atoms with Crippen LogP contribution >= 0.6 is 45.3 Å². The lowest BCUT2D eigenvalue weighted by Gasteiger charge is -2.24. The van der Waals surface area contributed by atoms with E-state index in [-0.39, 0.29) is 31.1 Å². The second kappa shape index (κ2) is 17.8. The lowest BCUT2D eigenvalue weighted by atomic mass is 10.1. The summed E-state index contributed by atoms with van der Waals surface area (Å²) in [5.74, 6) is -0.396. The Kier molecular flexibility index (Phi) is 13.7. The Bertz CT molecular complexity index is 1990. The van der Waals surface area contributed by atoms with Gasteiger partial charge in [-0.2, -0.15) is 0 Å². The van der Waals surface area contributed by atoms with Crippen molar-refractivity contribution in [1.29, 1.82) is 0 Å². The van der Waals surface area contributed by atoms with Crippen LogP contribution in [0.25, 0.3) is 43.4 Å². The van der Waals surface area contributed by atoms with Crippen LogP contribution in [0.4, 0.5) is 4.79 Å². The Balaban J connectivity index is 1.41. The highest BCUT2D eigenvalue weighted by Crippen LogP contribution is 2.38. The summed E-state index contributed by atoms with van der Waals surface area (Å²) in [6.07, 6.45) is -0.486. The number of esters is 1. The molecule has 17 heteroatoms. The minimum atomic E-state index is -1.17. The van der Waals surface area contributed by atoms with Crippen molar-refractivity contribution in [2.45, 2.75) is 85.5 Å². The molecule has 0 radical (unpaired) electrons. The van der Waals surface area contributed by atoms with Gasteiger partial charge in [0, 0.05) is 41.8 Å². The molecule has 5 rings (SSSR count). The van der Waals surface area contributed by atoms with Gasteiger partial charge in [0.15, 0.2) is 5.69 Å². The van der Waals surface area contributed by atoms with E-state index in [1.165, 1.54) is 45.3 Å². The zero-order chi connectivity index (χ0) is 38.3. The summed E-state index contributed by atoms with van der Waals surface area (Å²) in [5.41, 5.74) is 3.79. The van der Waals surface area contributed by atoms with Crippen molar-refractivity contribution in [1.82, 2.24) is 30.2 Å². The van der Waals surface area contributed by atoms with Crippen LogP contribution in [0.2, 0.25) is 25.7 Å². The number of hydrogen-bond acceptors (Lipinski definition) is 15. The Labute approximate surface area is 327 Å². The van der Waals surface area contributed by atoms with E-state index >= 15 is 0 Å². The number of ether oxygens (including phenoxy) is 4. The van der Waals surface area contributed by atoms with Gasteiger partial charge in [-0.25, -0.2) is 34.5 Å². The molecule has 0 saturated carbocycles. The van der Waals surface area contributed by atoms with E-state index in [2.05, 4.69) is 29.9 Å². The predicted molar refractivity (Wildman–Crippen MR) is 215 cm³/mol. The summed E-state index contributed by atoms with van der Waals surface area (Å²) < 4.78 is 22.1. The van der Waals surface area contributed by atoms with Crippen molar-refractivity contribution in [3.8, 4) is 43.4 Å². The number of nitrogens with zero attached hydrogens (tertiary/aromatic N) is 5. The molecule has 284 valence electrons. The number of alkyl carbamates (subject to hydrolysis) is 1. The van der Waals surface area contributed by atoms with E-state index < -0.39 is 25.7 Å². The van der Waals surface area contributed by atoms with Crippen molar-refractivity contribution in [3.63, 3.8) is 0 Å². The molecule has 5 aromatic rings. The number of hydrogen-bond donors (Lipinski definition) is 1. The Hall–Kier alpha value is -3.45. The standard InChI is InChI=1S/C36H46N6O6S4Si/c1-10-47-34(43)27-19-51-31(41-27)24-12-11-23(30-37-22(16-49-30)15-46-20-45-13-14-53(7,8)9)29(38-24)25-17-50-32(39-25)26-18-52-33(40-26)28(21(2)3)42-35(44)48-36(4,5)6/h11-12,16-19,21,28H,10,13-15,20H2,1-9H3,(H,42,44)/t28-/m0/s1. The van der Waals surface area contributed by atoms with Gasteiger partial charge in [0.1, 0.15) is 49.5 Å². The second-order valence-electron chi connectivity index (χ2n) is 14.7. The van der Waals surface area contributed by atoms with E-state index in [1.54, 1.807) is 12.3 Å². The van der Waals surface area contributed by atoms with Gasteiger partial charge in [0.25, 0.3) is 0 Å². The highest BCUT2D eigenvalue weighted by atomic mass is 32.1. The van der Waals surface area contributed by atoms with Crippen molar-refractivity contribution < 1.29 is 28.5 Å². The molecule has 0 aliphatic rings. The minimum Gasteiger partial charge on any atom is -0.461 e. The molecule has 0 fully saturated rings.